The van der Waals surface area contributed by atoms with Crippen LogP contribution in [0.1, 0.15) is 34.6 Å². The molecule has 1 saturated heterocycles. The summed E-state index contributed by atoms with van der Waals surface area (Å²) >= 11 is 0. The first kappa shape index (κ1) is 20.3. The second-order valence-electron chi connectivity index (χ2n) is 7.25. The zero-order valence-electron chi connectivity index (χ0n) is 15.5. The fourth-order valence-electron chi connectivity index (χ4n) is 3.02. The Kier molecular flexibility index (Phi) is 4.83. The van der Waals surface area contributed by atoms with E-state index in [1.807, 2.05) is 0 Å². The van der Waals surface area contributed by atoms with Crippen molar-refractivity contribution < 1.29 is 33.0 Å². The summed E-state index contributed by atoms with van der Waals surface area (Å²) in [6.07, 6.45) is 0. The van der Waals surface area contributed by atoms with Gasteiger partial charge in [0.15, 0.2) is 0 Å². The molecule has 3 N–H and O–H groups in total. The molecule has 0 aromatic heterocycles. The van der Waals surface area contributed by atoms with Gasteiger partial charge in [0.1, 0.15) is 11.3 Å². The van der Waals surface area contributed by atoms with Gasteiger partial charge in [-0.1, -0.05) is 6.07 Å². The van der Waals surface area contributed by atoms with Gasteiger partial charge in [0.2, 0.25) is 15.9 Å². The molecule has 2 aromatic rings. The van der Waals surface area contributed by atoms with E-state index in [-0.39, 0.29) is 28.3 Å². The van der Waals surface area contributed by atoms with Gasteiger partial charge in [0.05, 0.1) is 16.9 Å². The van der Waals surface area contributed by atoms with Gasteiger partial charge in [-0.15, -0.1) is 0 Å². The van der Waals surface area contributed by atoms with Gasteiger partial charge >= 0.3 is 5.97 Å². The van der Waals surface area contributed by atoms with Crippen molar-refractivity contribution in [2.45, 2.75) is 13.8 Å². The molecule has 9 nitrogen and oxygen atoms in total. The molecular weight excluding hydrogens is 400 g/mol. The van der Waals surface area contributed by atoms with E-state index in [4.69, 9.17) is 5.11 Å². The summed E-state index contributed by atoms with van der Waals surface area (Å²) < 4.78 is 25.5. The highest BCUT2D eigenvalue weighted by Crippen LogP contribution is 2.36. The second kappa shape index (κ2) is 6.89. The smallest absolute Gasteiger partial charge is 0.339 e. The maximum atomic E-state index is 12.5. The Hall–Kier alpha value is -3.40. The number of rotatable bonds is 4. The van der Waals surface area contributed by atoms with Crippen molar-refractivity contribution in [3.8, 4) is 5.75 Å². The van der Waals surface area contributed by atoms with E-state index in [2.05, 4.69) is 5.32 Å². The van der Waals surface area contributed by atoms with Crippen molar-refractivity contribution >= 4 is 39.2 Å². The van der Waals surface area contributed by atoms with Crippen molar-refractivity contribution in [1.82, 2.24) is 0 Å². The minimum Gasteiger partial charge on any atom is -0.507 e. The minimum absolute atomic E-state index is 0.0464. The number of benzene rings is 2. The molecule has 2 aromatic carbocycles. The number of carbonyl (C=O) groups excluding carboxylic acids is 2. The molecule has 0 spiro atoms. The first-order valence-corrected chi connectivity index (χ1v) is 10.1. The molecule has 1 aliphatic rings. The van der Waals surface area contributed by atoms with Crippen LogP contribution in [-0.4, -0.2) is 42.2 Å². The maximum Gasteiger partial charge on any atom is 0.339 e. The number of amides is 2. The topological polar surface area (TPSA) is 141 Å². The number of nitrogens with zero attached hydrogens (tertiary/aromatic N) is 1. The lowest BCUT2D eigenvalue weighted by Crippen LogP contribution is -2.33. The SMILES string of the molecule is CC1(C)CS(=O)(=O)N(c2cccc(C(=O)Nc3ccc(O)c(C(=O)O)c3)c2)C1=O. The number of sulfonamides is 1. The number of carboxylic acid groups (broad SMARTS) is 1. The number of aromatic hydroxyl groups is 1. The quantitative estimate of drug-likeness (QED) is 0.645. The number of aromatic carboxylic acids is 1. The van der Waals surface area contributed by atoms with Crippen LogP contribution in [0.3, 0.4) is 0 Å². The molecule has 29 heavy (non-hydrogen) atoms. The third kappa shape index (κ3) is 3.79. The molecule has 0 bridgehead atoms. The molecule has 2 amide bonds. The van der Waals surface area contributed by atoms with Crippen LogP contribution >= 0.6 is 0 Å². The summed E-state index contributed by atoms with van der Waals surface area (Å²) in [5.74, 6) is -3.36. The normalized spacial score (nSPS) is 17.2. The number of hydrogen-bond donors (Lipinski definition) is 3. The standard InChI is InChI=1S/C19H18N2O7S/c1-19(2)10-29(27,28)21(18(19)26)13-5-3-4-11(8-13)16(23)20-12-6-7-15(22)14(9-12)17(24)25/h3-9,22H,10H2,1-2H3,(H,20,23)(H,24,25). The van der Waals surface area contributed by atoms with E-state index in [0.717, 1.165) is 12.1 Å². The third-order valence-corrected chi connectivity index (χ3v) is 6.43. The largest absolute Gasteiger partial charge is 0.507 e. The molecule has 1 fully saturated rings. The van der Waals surface area contributed by atoms with Crippen molar-refractivity contribution in [2.75, 3.05) is 15.4 Å². The van der Waals surface area contributed by atoms with E-state index >= 15 is 0 Å². The van der Waals surface area contributed by atoms with E-state index in [1.54, 1.807) is 0 Å². The highest BCUT2D eigenvalue weighted by Gasteiger charge is 2.49. The zero-order valence-corrected chi connectivity index (χ0v) is 16.4. The summed E-state index contributed by atoms with van der Waals surface area (Å²) in [7, 11) is -3.86. The number of carboxylic acids is 1. The van der Waals surface area contributed by atoms with Crippen molar-refractivity contribution in [3.05, 3.63) is 53.6 Å². The zero-order chi connectivity index (χ0) is 21.6. The molecule has 152 valence electrons. The molecule has 3 rings (SSSR count). The van der Waals surface area contributed by atoms with E-state index in [1.165, 1.54) is 44.2 Å². The Morgan fingerprint density at radius 3 is 2.41 bits per heavy atom. The summed E-state index contributed by atoms with van der Waals surface area (Å²) in [5, 5.41) is 21.1. The van der Waals surface area contributed by atoms with Crippen LogP contribution in [0.4, 0.5) is 11.4 Å². The fourth-order valence-corrected chi connectivity index (χ4v) is 5.12. The average molecular weight is 418 g/mol. The first-order valence-electron chi connectivity index (χ1n) is 8.47. The lowest BCUT2D eigenvalue weighted by Gasteiger charge is -2.18. The Bertz CT molecular complexity index is 1140. The molecular formula is C19H18N2O7S. The number of carbonyl (C=O) groups is 3. The fraction of sp³-hybridized carbons (Fsp3) is 0.211. The molecule has 0 aliphatic carbocycles. The molecule has 1 aliphatic heterocycles. The van der Waals surface area contributed by atoms with Crippen LogP contribution in [0.5, 0.6) is 5.75 Å². The first-order chi connectivity index (χ1) is 13.4. The van der Waals surface area contributed by atoms with Crippen molar-refractivity contribution in [2.24, 2.45) is 5.41 Å². The molecule has 0 atom stereocenters. The summed E-state index contributed by atoms with van der Waals surface area (Å²) in [5.41, 5.74) is -1.21. The lowest BCUT2D eigenvalue weighted by atomic mass is 9.95. The van der Waals surface area contributed by atoms with Gasteiger partial charge in [-0.3, -0.25) is 9.59 Å². The summed E-state index contributed by atoms with van der Waals surface area (Å²) in [6.45, 7) is 3.07. The van der Waals surface area contributed by atoms with Crippen LogP contribution in [-0.2, 0) is 14.8 Å². The Labute approximate surface area is 166 Å². The van der Waals surface area contributed by atoms with Crippen molar-refractivity contribution in [3.63, 3.8) is 0 Å². The van der Waals surface area contributed by atoms with Gasteiger partial charge in [0, 0.05) is 11.3 Å². The second-order valence-corrected chi connectivity index (χ2v) is 9.07. The number of phenols is 1. The number of nitrogens with one attached hydrogen (secondary N) is 1. The number of hydrogen-bond acceptors (Lipinski definition) is 6. The Morgan fingerprint density at radius 2 is 1.83 bits per heavy atom. The van der Waals surface area contributed by atoms with Crippen LogP contribution in [0.25, 0.3) is 0 Å². The van der Waals surface area contributed by atoms with Crippen LogP contribution in [0, 0.1) is 5.41 Å². The predicted molar refractivity (Wildman–Crippen MR) is 105 cm³/mol. The molecule has 0 saturated carbocycles. The highest BCUT2D eigenvalue weighted by molar-refractivity contribution is 7.94. The summed E-state index contributed by atoms with van der Waals surface area (Å²) in [6, 6.07) is 9.10. The average Bonchev–Trinajstić information content (AvgIpc) is 2.79. The Morgan fingerprint density at radius 1 is 1.14 bits per heavy atom. The van der Waals surface area contributed by atoms with Crippen molar-refractivity contribution in [1.29, 1.82) is 0 Å². The molecule has 0 unspecified atom stereocenters. The van der Waals surface area contributed by atoms with Gasteiger partial charge in [0.25, 0.3) is 5.91 Å². The van der Waals surface area contributed by atoms with Gasteiger partial charge in [-0.2, -0.15) is 0 Å². The molecule has 1 heterocycles. The molecule has 10 heteroatoms. The monoisotopic (exact) mass is 418 g/mol. The van der Waals surface area contributed by atoms with Gasteiger partial charge < -0.3 is 15.5 Å². The number of anilines is 2. The van der Waals surface area contributed by atoms with Gasteiger partial charge in [-0.25, -0.2) is 17.5 Å². The molecule has 0 radical (unpaired) electrons. The van der Waals surface area contributed by atoms with Crippen LogP contribution in [0.15, 0.2) is 42.5 Å². The predicted octanol–water partition coefficient (Wildman–Crippen LogP) is 2.05. The summed E-state index contributed by atoms with van der Waals surface area (Å²) in [4.78, 5) is 36.2. The van der Waals surface area contributed by atoms with Gasteiger partial charge in [-0.05, 0) is 50.2 Å². The lowest BCUT2D eigenvalue weighted by molar-refractivity contribution is -0.123. The van der Waals surface area contributed by atoms with E-state index < -0.39 is 39.0 Å². The van der Waals surface area contributed by atoms with E-state index in [9.17, 15) is 27.9 Å². The highest BCUT2D eigenvalue weighted by atomic mass is 32.2. The van der Waals surface area contributed by atoms with Crippen LogP contribution in [0.2, 0.25) is 0 Å². The van der Waals surface area contributed by atoms with E-state index in [0.29, 0.717) is 4.31 Å². The maximum absolute atomic E-state index is 12.5. The van der Waals surface area contributed by atoms with Crippen LogP contribution < -0.4 is 9.62 Å². The minimum atomic E-state index is -3.86. The Balaban J connectivity index is 1.91. The third-order valence-electron chi connectivity index (χ3n) is 4.41.